The number of carbonyl (C=O) groups is 2. The minimum atomic E-state index is -0.449. The standard InChI is InChI=1S/C46H47NO7/c1-2-3-4-5-6-7-28-47(45(48)37-12-8-33(9-13-37)35-16-22-40(23-17-35)50-29-43-31-52-43)39-20-26-42(27-21-39)54-46(49)38-14-10-34(11-15-38)36-18-24-41(25-19-36)51-30-44-32-53-44/h8-27,43-44H,2-7,28-32H2,1H3. The molecular formula is C46H47NO7. The minimum absolute atomic E-state index is 0.0685. The molecule has 5 aromatic carbocycles. The fourth-order valence-electron chi connectivity index (χ4n) is 6.21. The molecule has 7 rings (SSSR count). The number of anilines is 1. The fourth-order valence-corrected chi connectivity index (χ4v) is 6.21. The van der Waals surface area contributed by atoms with Gasteiger partial charge in [-0.05, 0) is 101 Å². The van der Waals surface area contributed by atoms with Gasteiger partial charge in [-0.25, -0.2) is 4.79 Å². The van der Waals surface area contributed by atoms with Gasteiger partial charge in [-0.2, -0.15) is 0 Å². The Kier molecular flexibility index (Phi) is 12.3. The fraction of sp³-hybridized carbons (Fsp3) is 0.304. The van der Waals surface area contributed by atoms with E-state index in [-0.39, 0.29) is 18.1 Å². The maximum atomic E-state index is 14.0. The van der Waals surface area contributed by atoms with E-state index in [1.54, 1.807) is 24.3 Å². The number of nitrogens with zero attached hydrogens (tertiary/aromatic N) is 1. The van der Waals surface area contributed by atoms with Gasteiger partial charge in [0.1, 0.15) is 42.7 Å². The molecule has 1 amide bonds. The summed E-state index contributed by atoms with van der Waals surface area (Å²) in [4.78, 5) is 28.9. The van der Waals surface area contributed by atoms with Gasteiger partial charge in [0.2, 0.25) is 0 Å². The van der Waals surface area contributed by atoms with Crippen molar-refractivity contribution in [3.8, 4) is 39.5 Å². The molecule has 5 aromatic rings. The van der Waals surface area contributed by atoms with Crippen LogP contribution in [0.15, 0.2) is 121 Å². The highest BCUT2D eigenvalue weighted by Gasteiger charge is 2.24. The first-order chi connectivity index (χ1) is 26.5. The molecule has 0 N–H and O–H groups in total. The third-order valence-electron chi connectivity index (χ3n) is 9.64. The van der Waals surface area contributed by atoms with E-state index in [4.69, 9.17) is 23.7 Å². The van der Waals surface area contributed by atoms with E-state index in [2.05, 4.69) is 6.92 Å². The van der Waals surface area contributed by atoms with Gasteiger partial charge in [0.05, 0.1) is 18.8 Å². The van der Waals surface area contributed by atoms with Crippen molar-refractivity contribution in [2.45, 2.75) is 57.7 Å². The van der Waals surface area contributed by atoms with Crippen LogP contribution in [0.25, 0.3) is 22.3 Å². The molecular weight excluding hydrogens is 679 g/mol. The monoisotopic (exact) mass is 725 g/mol. The summed E-state index contributed by atoms with van der Waals surface area (Å²) in [6.45, 7) is 5.46. The minimum Gasteiger partial charge on any atom is -0.491 e. The zero-order valence-electron chi connectivity index (χ0n) is 30.8. The van der Waals surface area contributed by atoms with Crippen molar-refractivity contribution in [3.63, 3.8) is 0 Å². The van der Waals surface area contributed by atoms with Crippen LogP contribution in [0, 0.1) is 0 Å². The van der Waals surface area contributed by atoms with Gasteiger partial charge in [0.25, 0.3) is 5.91 Å². The summed E-state index contributed by atoms with van der Waals surface area (Å²) in [7, 11) is 0. The molecule has 2 aliphatic heterocycles. The average molecular weight is 726 g/mol. The predicted molar refractivity (Wildman–Crippen MR) is 211 cm³/mol. The highest BCUT2D eigenvalue weighted by Crippen LogP contribution is 2.28. The summed E-state index contributed by atoms with van der Waals surface area (Å²) in [5.74, 6) is 1.50. The maximum absolute atomic E-state index is 14.0. The van der Waals surface area contributed by atoms with Crippen LogP contribution in [0.5, 0.6) is 17.2 Å². The van der Waals surface area contributed by atoms with Crippen molar-refractivity contribution in [1.29, 1.82) is 0 Å². The first-order valence-corrected chi connectivity index (χ1v) is 19.1. The molecule has 0 spiro atoms. The Morgan fingerprint density at radius 3 is 1.46 bits per heavy atom. The van der Waals surface area contributed by atoms with Gasteiger partial charge in [-0.1, -0.05) is 87.6 Å². The molecule has 0 radical (unpaired) electrons. The highest BCUT2D eigenvalue weighted by atomic mass is 16.6. The first kappa shape index (κ1) is 36.9. The van der Waals surface area contributed by atoms with E-state index >= 15 is 0 Å². The van der Waals surface area contributed by atoms with Crippen LogP contribution >= 0.6 is 0 Å². The van der Waals surface area contributed by atoms with Gasteiger partial charge in [0.15, 0.2) is 0 Å². The Hall–Kier alpha value is -5.44. The lowest BCUT2D eigenvalue weighted by molar-refractivity contribution is 0.0734. The number of amides is 1. The molecule has 2 fully saturated rings. The number of rotatable bonds is 19. The van der Waals surface area contributed by atoms with Crippen molar-refractivity contribution >= 4 is 17.6 Å². The van der Waals surface area contributed by atoms with E-state index in [0.717, 1.165) is 71.9 Å². The third-order valence-corrected chi connectivity index (χ3v) is 9.64. The zero-order chi connectivity index (χ0) is 37.1. The van der Waals surface area contributed by atoms with E-state index in [1.807, 2.05) is 102 Å². The van der Waals surface area contributed by atoms with Crippen LogP contribution in [0.4, 0.5) is 5.69 Å². The topological polar surface area (TPSA) is 90.1 Å². The predicted octanol–water partition coefficient (Wildman–Crippen LogP) is 9.80. The lowest BCUT2D eigenvalue weighted by atomic mass is 10.0. The number of unbranched alkanes of at least 4 members (excludes halogenated alkanes) is 5. The summed E-state index contributed by atoms with van der Waals surface area (Å²) in [6.07, 6.45) is 7.15. The number of ether oxygens (including phenoxy) is 5. The normalized spacial score (nSPS) is 15.6. The number of carbonyl (C=O) groups excluding carboxylic acids is 2. The Morgan fingerprint density at radius 1 is 0.556 bits per heavy atom. The quantitative estimate of drug-likeness (QED) is 0.0362. The van der Waals surface area contributed by atoms with Crippen LogP contribution in [-0.4, -0.2) is 57.1 Å². The average Bonchev–Trinajstić information content (AvgIpc) is 4.17. The van der Waals surface area contributed by atoms with Crippen LogP contribution in [0.1, 0.15) is 66.2 Å². The Morgan fingerprint density at radius 2 is 0.981 bits per heavy atom. The van der Waals surface area contributed by atoms with Gasteiger partial charge >= 0.3 is 5.97 Å². The van der Waals surface area contributed by atoms with Gasteiger partial charge < -0.3 is 28.6 Å². The number of esters is 1. The van der Waals surface area contributed by atoms with Crippen LogP contribution in [-0.2, 0) is 9.47 Å². The summed E-state index contributed by atoms with van der Waals surface area (Å²) < 4.78 is 27.7. The van der Waals surface area contributed by atoms with E-state index < -0.39 is 5.97 Å². The molecule has 0 saturated carbocycles. The largest absolute Gasteiger partial charge is 0.491 e. The van der Waals surface area contributed by atoms with Crippen LogP contribution < -0.4 is 19.1 Å². The molecule has 8 nitrogen and oxygen atoms in total. The lowest BCUT2D eigenvalue weighted by Gasteiger charge is -2.23. The second-order valence-corrected chi connectivity index (χ2v) is 13.8. The molecule has 2 heterocycles. The molecule has 2 saturated heterocycles. The van der Waals surface area contributed by atoms with Crippen molar-refractivity contribution in [2.75, 3.05) is 37.9 Å². The molecule has 0 bridgehead atoms. The van der Waals surface area contributed by atoms with Crippen molar-refractivity contribution in [3.05, 3.63) is 132 Å². The van der Waals surface area contributed by atoms with Crippen molar-refractivity contribution in [2.24, 2.45) is 0 Å². The van der Waals surface area contributed by atoms with Gasteiger partial charge in [0, 0.05) is 17.8 Å². The van der Waals surface area contributed by atoms with Crippen LogP contribution in [0.3, 0.4) is 0 Å². The molecule has 278 valence electrons. The number of benzene rings is 5. The van der Waals surface area contributed by atoms with Crippen molar-refractivity contribution < 1.29 is 33.3 Å². The molecule has 2 aliphatic rings. The molecule has 8 heteroatoms. The Bertz CT molecular complexity index is 1950. The first-order valence-electron chi connectivity index (χ1n) is 19.1. The number of hydrogen-bond donors (Lipinski definition) is 0. The highest BCUT2D eigenvalue weighted by molar-refractivity contribution is 6.06. The van der Waals surface area contributed by atoms with E-state index in [9.17, 15) is 9.59 Å². The maximum Gasteiger partial charge on any atom is 0.343 e. The molecule has 54 heavy (non-hydrogen) atoms. The lowest BCUT2D eigenvalue weighted by Crippen LogP contribution is -2.32. The second kappa shape index (κ2) is 18.1. The summed E-state index contributed by atoms with van der Waals surface area (Å²) in [5, 5.41) is 0. The number of hydrogen-bond acceptors (Lipinski definition) is 7. The molecule has 0 aromatic heterocycles. The molecule has 2 atom stereocenters. The Labute approximate surface area is 317 Å². The number of epoxide rings is 2. The zero-order valence-corrected chi connectivity index (χ0v) is 30.8. The Balaban J connectivity index is 0.975. The van der Waals surface area contributed by atoms with E-state index in [0.29, 0.717) is 36.6 Å². The smallest absolute Gasteiger partial charge is 0.343 e. The SMILES string of the molecule is CCCCCCCCN(C(=O)c1ccc(-c2ccc(OCC3CO3)cc2)cc1)c1ccc(OC(=O)c2ccc(-c3ccc(OCC4CO4)cc3)cc2)cc1. The van der Waals surface area contributed by atoms with Crippen LogP contribution in [0.2, 0.25) is 0 Å². The molecule has 0 aliphatic carbocycles. The van der Waals surface area contributed by atoms with Gasteiger partial charge in [-0.3, -0.25) is 4.79 Å². The summed E-state index contributed by atoms with van der Waals surface area (Å²) >= 11 is 0. The van der Waals surface area contributed by atoms with Gasteiger partial charge in [-0.15, -0.1) is 0 Å². The second-order valence-electron chi connectivity index (χ2n) is 13.8. The summed E-state index contributed by atoms with van der Waals surface area (Å²) in [5.41, 5.74) is 5.89. The van der Waals surface area contributed by atoms with E-state index in [1.165, 1.54) is 19.3 Å². The summed E-state index contributed by atoms with van der Waals surface area (Å²) in [6, 6.07) is 38.1. The van der Waals surface area contributed by atoms with Crippen molar-refractivity contribution in [1.82, 2.24) is 0 Å². The molecule has 2 unspecified atom stereocenters. The third kappa shape index (κ3) is 10.4.